The molecule has 0 radical (unpaired) electrons. The van der Waals surface area contributed by atoms with Crippen LogP contribution >= 0.6 is 0 Å². The monoisotopic (exact) mass is 251 g/mol. The second kappa shape index (κ2) is 7.24. The third-order valence-electron chi connectivity index (χ3n) is 3.63. The van der Waals surface area contributed by atoms with Gasteiger partial charge in [-0.15, -0.1) is 0 Å². The quantitative estimate of drug-likeness (QED) is 0.700. The van der Waals surface area contributed by atoms with Gasteiger partial charge in [0, 0.05) is 6.42 Å². The molecule has 1 N–H and O–H groups in total. The molecule has 1 nitrogen and oxygen atoms in total. The number of rotatable bonds is 6. The number of halogens is 3. The molecule has 1 fully saturated rings. The van der Waals surface area contributed by atoms with E-state index in [1.54, 1.807) is 0 Å². The van der Waals surface area contributed by atoms with Crippen molar-refractivity contribution in [1.82, 2.24) is 5.32 Å². The molecule has 0 heterocycles. The minimum Gasteiger partial charge on any atom is -0.316 e. The number of unbranched alkanes of at least 4 members (excludes halogenated alkanes) is 1. The molecular weight excluding hydrogens is 227 g/mol. The standard InChI is InChI=1S/C13H24F3N/c1-11-4-6-12(7-5-11)10-17-9-3-2-8-13(14,15)16/h11-12,17H,2-10H2,1H3. The maximum atomic E-state index is 11.9. The minimum absolute atomic E-state index is 0.248. The van der Waals surface area contributed by atoms with Gasteiger partial charge >= 0.3 is 6.18 Å². The zero-order chi connectivity index (χ0) is 12.7. The van der Waals surface area contributed by atoms with Crippen molar-refractivity contribution in [3.8, 4) is 0 Å². The van der Waals surface area contributed by atoms with E-state index in [1.807, 2.05) is 0 Å². The van der Waals surface area contributed by atoms with Gasteiger partial charge in [0.25, 0.3) is 0 Å². The predicted molar refractivity (Wildman–Crippen MR) is 63.9 cm³/mol. The first kappa shape index (κ1) is 14.8. The van der Waals surface area contributed by atoms with E-state index < -0.39 is 12.6 Å². The lowest BCUT2D eigenvalue weighted by atomic mass is 9.83. The van der Waals surface area contributed by atoms with Crippen molar-refractivity contribution in [1.29, 1.82) is 0 Å². The Morgan fingerprint density at radius 2 is 1.71 bits per heavy atom. The van der Waals surface area contributed by atoms with Gasteiger partial charge in [-0.1, -0.05) is 19.8 Å². The first-order chi connectivity index (χ1) is 7.97. The predicted octanol–water partition coefficient (Wildman–Crippen LogP) is 4.13. The summed E-state index contributed by atoms with van der Waals surface area (Å²) in [6, 6.07) is 0. The van der Waals surface area contributed by atoms with E-state index in [0.717, 1.165) is 24.9 Å². The number of alkyl halides is 3. The highest BCUT2D eigenvalue weighted by atomic mass is 19.4. The van der Waals surface area contributed by atoms with Gasteiger partial charge in [-0.3, -0.25) is 0 Å². The summed E-state index contributed by atoms with van der Waals surface area (Å²) in [6.07, 6.45) is 1.41. The molecule has 0 atom stereocenters. The average molecular weight is 251 g/mol. The van der Waals surface area contributed by atoms with Crippen LogP contribution in [0, 0.1) is 11.8 Å². The molecule has 0 aromatic carbocycles. The molecule has 1 aliphatic rings. The van der Waals surface area contributed by atoms with E-state index >= 15 is 0 Å². The van der Waals surface area contributed by atoms with Gasteiger partial charge in [0.15, 0.2) is 0 Å². The van der Waals surface area contributed by atoms with Crippen molar-refractivity contribution >= 4 is 0 Å². The van der Waals surface area contributed by atoms with Gasteiger partial charge in [-0.25, -0.2) is 0 Å². The summed E-state index contributed by atoms with van der Waals surface area (Å²) in [6.45, 7) is 4.00. The van der Waals surface area contributed by atoms with Crippen molar-refractivity contribution in [3.05, 3.63) is 0 Å². The van der Waals surface area contributed by atoms with Gasteiger partial charge in [0.2, 0.25) is 0 Å². The maximum absolute atomic E-state index is 11.9. The highest BCUT2D eigenvalue weighted by Gasteiger charge is 2.25. The van der Waals surface area contributed by atoms with E-state index in [1.165, 1.54) is 25.7 Å². The molecule has 0 unspecified atom stereocenters. The molecule has 0 amide bonds. The molecule has 0 aromatic rings. The van der Waals surface area contributed by atoms with E-state index in [-0.39, 0.29) is 6.42 Å². The molecule has 4 heteroatoms. The third kappa shape index (κ3) is 7.63. The summed E-state index contributed by atoms with van der Waals surface area (Å²) in [5.74, 6) is 1.60. The zero-order valence-corrected chi connectivity index (χ0v) is 10.7. The van der Waals surface area contributed by atoms with Gasteiger partial charge in [-0.05, 0) is 50.6 Å². The second-order valence-electron chi connectivity index (χ2n) is 5.40. The van der Waals surface area contributed by atoms with Crippen LogP contribution < -0.4 is 5.32 Å². The van der Waals surface area contributed by atoms with Crippen LogP contribution in [0.1, 0.15) is 51.9 Å². The second-order valence-corrected chi connectivity index (χ2v) is 5.40. The molecule has 1 rings (SSSR count). The van der Waals surface area contributed by atoms with Crippen molar-refractivity contribution in [2.75, 3.05) is 13.1 Å². The topological polar surface area (TPSA) is 12.0 Å². The lowest BCUT2D eigenvalue weighted by Crippen LogP contribution is -2.26. The Hall–Kier alpha value is -0.250. The molecule has 0 saturated heterocycles. The average Bonchev–Trinajstić information content (AvgIpc) is 2.24. The first-order valence-corrected chi connectivity index (χ1v) is 6.75. The Morgan fingerprint density at radius 1 is 1.06 bits per heavy atom. The van der Waals surface area contributed by atoms with Crippen LogP contribution in [0.2, 0.25) is 0 Å². The lowest BCUT2D eigenvalue weighted by Gasteiger charge is -2.26. The van der Waals surface area contributed by atoms with E-state index in [2.05, 4.69) is 12.2 Å². The van der Waals surface area contributed by atoms with Crippen molar-refractivity contribution in [2.24, 2.45) is 11.8 Å². The van der Waals surface area contributed by atoms with Crippen LogP contribution in [0.5, 0.6) is 0 Å². The third-order valence-corrected chi connectivity index (χ3v) is 3.63. The molecule has 1 saturated carbocycles. The maximum Gasteiger partial charge on any atom is 0.389 e. The fraction of sp³-hybridized carbons (Fsp3) is 1.00. The van der Waals surface area contributed by atoms with Gasteiger partial charge < -0.3 is 5.32 Å². The highest BCUT2D eigenvalue weighted by Crippen LogP contribution is 2.27. The normalized spacial score (nSPS) is 26.1. The van der Waals surface area contributed by atoms with E-state index in [0.29, 0.717) is 6.42 Å². The van der Waals surface area contributed by atoms with Gasteiger partial charge in [0.05, 0.1) is 0 Å². The highest BCUT2D eigenvalue weighted by molar-refractivity contribution is 4.71. The van der Waals surface area contributed by atoms with Crippen LogP contribution in [-0.4, -0.2) is 19.3 Å². The lowest BCUT2D eigenvalue weighted by molar-refractivity contribution is -0.135. The first-order valence-electron chi connectivity index (χ1n) is 6.75. The van der Waals surface area contributed by atoms with E-state index in [4.69, 9.17) is 0 Å². The van der Waals surface area contributed by atoms with Crippen LogP contribution in [0.3, 0.4) is 0 Å². The number of hydrogen-bond donors (Lipinski definition) is 1. The van der Waals surface area contributed by atoms with Gasteiger partial charge in [-0.2, -0.15) is 13.2 Å². The molecule has 0 aliphatic heterocycles. The van der Waals surface area contributed by atoms with Crippen molar-refractivity contribution < 1.29 is 13.2 Å². The summed E-state index contributed by atoms with van der Waals surface area (Å²) >= 11 is 0. The fourth-order valence-corrected chi connectivity index (χ4v) is 2.41. The van der Waals surface area contributed by atoms with E-state index in [9.17, 15) is 13.2 Å². The summed E-state index contributed by atoms with van der Waals surface area (Å²) in [4.78, 5) is 0. The molecule has 1 aliphatic carbocycles. The summed E-state index contributed by atoms with van der Waals surface area (Å²) < 4.78 is 35.6. The summed E-state index contributed by atoms with van der Waals surface area (Å²) in [7, 11) is 0. The molecule has 102 valence electrons. The number of hydrogen-bond acceptors (Lipinski definition) is 1. The SMILES string of the molecule is CC1CCC(CNCCCCC(F)(F)F)CC1. The van der Waals surface area contributed by atoms with Crippen molar-refractivity contribution in [2.45, 2.75) is 58.0 Å². The van der Waals surface area contributed by atoms with Crippen molar-refractivity contribution in [3.63, 3.8) is 0 Å². The molecule has 0 aromatic heterocycles. The van der Waals surface area contributed by atoms with Crippen LogP contribution in [0.15, 0.2) is 0 Å². The molecule has 0 bridgehead atoms. The Balaban J connectivity index is 1.91. The summed E-state index contributed by atoms with van der Waals surface area (Å²) in [5.41, 5.74) is 0. The Bertz CT molecular complexity index is 195. The van der Waals surface area contributed by atoms with Crippen LogP contribution in [-0.2, 0) is 0 Å². The minimum atomic E-state index is -3.99. The Morgan fingerprint density at radius 3 is 2.29 bits per heavy atom. The van der Waals surface area contributed by atoms with Crippen LogP contribution in [0.25, 0.3) is 0 Å². The van der Waals surface area contributed by atoms with Crippen LogP contribution in [0.4, 0.5) is 13.2 Å². The molecule has 17 heavy (non-hydrogen) atoms. The largest absolute Gasteiger partial charge is 0.389 e. The fourth-order valence-electron chi connectivity index (χ4n) is 2.41. The number of nitrogens with one attached hydrogen (secondary N) is 1. The Kier molecular flexibility index (Phi) is 6.31. The Labute approximate surface area is 102 Å². The summed E-state index contributed by atoms with van der Waals surface area (Å²) in [5, 5.41) is 3.29. The van der Waals surface area contributed by atoms with Gasteiger partial charge in [0.1, 0.15) is 0 Å². The molecular formula is C13H24F3N. The molecule has 0 spiro atoms. The smallest absolute Gasteiger partial charge is 0.316 e. The zero-order valence-electron chi connectivity index (χ0n) is 10.7.